The number of hydrogen-bond donors (Lipinski definition) is 3. The molecule has 2 unspecified atom stereocenters. The van der Waals surface area contributed by atoms with Crippen LogP contribution in [0, 0.1) is 46.3 Å². The van der Waals surface area contributed by atoms with Gasteiger partial charge >= 0.3 is 0 Å². The van der Waals surface area contributed by atoms with Crippen LogP contribution in [0.1, 0.15) is 105 Å². The summed E-state index contributed by atoms with van der Waals surface area (Å²) in [5.41, 5.74) is 18.1. The number of ether oxygens (including phenoxy) is 3. The Bertz CT molecular complexity index is 739. The van der Waals surface area contributed by atoms with E-state index in [0.717, 1.165) is 57.3 Å². The molecule has 6 N–H and O–H groups in total. The van der Waals surface area contributed by atoms with E-state index in [2.05, 4.69) is 27.7 Å². The topological polar surface area (TPSA) is 106 Å². The fourth-order valence-electron chi connectivity index (χ4n) is 10.3. The van der Waals surface area contributed by atoms with Crippen molar-refractivity contribution in [3.63, 3.8) is 0 Å². The molecular weight excluding hydrogens is 486 g/mol. The zero-order valence-electron chi connectivity index (χ0n) is 25.9. The largest absolute Gasteiger partial charge is 0.378 e. The first-order valence-corrected chi connectivity index (χ1v) is 16.8. The van der Waals surface area contributed by atoms with Crippen molar-refractivity contribution in [1.29, 1.82) is 0 Å². The van der Waals surface area contributed by atoms with E-state index in [1.165, 1.54) is 51.4 Å². The first-order valence-electron chi connectivity index (χ1n) is 16.8. The van der Waals surface area contributed by atoms with Gasteiger partial charge in [-0.3, -0.25) is 0 Å². The van der Waals surface area contributed by atoms with Gasteiger partial charge in [0, 0.05) is 25.2 Å². The zero-order valence-corrected chi connectivity index (χ0v) is 25.9. The number of rotatable bonds is 15. The Labute approximate surface area is 240 Å². The molecule has 6 nitrogen and oxygen atoms in total. The fraction of sp³-hybridized carbons (Fsp3) is 1.00. The molecule has 0 radical (unpaired) electrons. The summed E-state index contributed by atoms with van der Waals surface area (Å²) < 4.78 is 20.1. The first kappa shape index (κ1) is 31.7. The molecule has 0 spiro atoms. The van der Waals surface area contributed by atoms with E-state index in [1.807, 2.05) is 0 Å². The molecule has 4 saturated carbocycles. The second kappa shape index (κ2) is 14.3. The molecule has 0 heterocycles. The van der Waals surface area contributed by atoms with Gasteiger partial charge in [0.2, 0.25) is 0 Å². The van der Waals surface area contributed by atoms with E-state index in [0.29, 0.717) is 67.0 Å². The lowest BCUT2D eigenvalue weighted by molar-refractivity contribution is -0.227. The highest BCUT2D eigenvalue weighted by Gasteiger charge is 2.66. The summed E-state index contributed by atoms with van der Waals surface area (Å²) in [4.78, 5) is 0. The Hall–Kier alpha value is -0.240. The van der Waals surface area contributed by atoms with Gasteiger partial charge in [-0.25, -0.2) is 0 Å². The smallest absolute Gasteiger partial charge is 0.0637 e. The van der Waals surface area contributed by atoms with Crippen molar-refractivity contribution in [1.82, 2.24) is 0 Å². The zero-order chi connectivity index (χ0) is 28.0. The number of hydrogen-bond acceptors (Lipinski definition) is 6. The summed E-state index contributed by atoms with van der Waals surface area (Å²) in [6.45, 7) is 14.6. The molecule has 0 bridgehead atoms. The van der Waals surface area contributed by atoms with Gasteiger partial charge in [-0.2, -0.15) is 0 Å². The Morgan fingerprint density at radius 1 is 0.795 bits per heavy atom. The molecule has 0 aliphatic heterocycles. The van der Waals surface area contributed by atoms with Crippen LogP contribution >= 0.6 is 0 Å². The quantitative estimate of drug-likeness (QED) is 0.233. The Morgan fingerprint density at radius 2 is 1.46 bits per heavy atom. The Balaban J connectivity index is 1.64. The SMILES string of the molecule is CCC[C@@H](C)[C@H]1CC[C@H]2C3[C@H](OCCCN)CC4C[C@H](OCCCN)CC[C@]4(C)[C@H]3C[C@H](OCCCN)[C@]12C. The maximum Gasteiger partial charge on any atom is 0.0637 e. The number of nitrogens with two attached hydrogens (primary N) is 3. The van der Waals surface area contributed by atoms with Crippen molar-refractivity contribution >= 4 is 0 Å². The number of fused-ring (bicyclic) bond motifs is 5. The molecule has 11 atom stereocenters. The van der Waals surface area contributed by atoms with Gasteiger partial charge in [0.1, 0.15) is 0 Å². The predicted molar refractivity (Wildman–Crippen MR) is 160 cm³/mol. The van der Waals surface area contributed by atoms with Crippen LogP contribution < -0.4 is 17.2 Å². The molecule has 4 aliphatic carbocycles. The average Bonchev–Trinajstić information content (AvgIpc) is 3.28. The second-order valence-corrected chi connectivity index (χ2v) is 14.2. The molecule has 0 amide bonds. The van der Waals surface area contributed by atoms with Crippen molar-refractivity contribution < 1.29 is 14.2 Å². The van der Waals surface area contributed by atoms with E-state index < -0.39 is 0 Å². The Kier molecular flexibility index (Phi) is 11.6. The average molecular weight is 550 g/mol. The minimum absolute atomic E-state index is 0.214. The molecule has 0 saturated heterocycles. The molecule has 0 aromatic carbocycles. The van der Waals surface area contributed by atoms with Gasteiger partial charge in [0.25, 0.3) is 0 Å². The van der Waals surface area contributed by atoms with Gasteiger partial charge < -0.3 is 31.4 Å². The minimum Gasteiger partial charge on any atom is -0.378 e. The second-order valence-electron chi connectivity index (χ2n) is 14.2. The van der Waals surface area contributed by atoms with E-state index in [9.17, 15) is 0 Å². The standard InChI is InChI=1S/C33H63N3O3/c1-5-9-23(2)26-10-11-27-31-28(22-30(33(26,27)4)39-19-8-16-36)32(3)13-12-25(37-17-6-14-34)20-24(32)21-29(31)38-18-7-15-35/h23-31H,5-22,34-36H2,1-4H3/t23-,24?,25-,26-,27+,28+,29-,30+,31?,32+,33-/m1/s1. The van der Waals surface area contributed by atoms with Crippen LogP contribution in [-0.2, 0) is 14.2 Å². The van der Waals surface area contributed by atoms with Crippen LogP contribution in [0.25, 0.3) is 0 Å². The van der Waals surface area contributed by atoms with Crippen LogP contribution in [0.15, 0.2) is 0 Å². The third-order valence-corrected chi connectivity index (χ3v) is 12.2. The van der Waals surface area contributed by atoms with E-state index >= 15 is 0 Å². The first-order chi connectivity index (χ1) is 18.8. The lowest BCUT2D eigenvalue weighted by Crippen LogP contribution is -2.63. The van der Waals surface area contributed by atoms with Gasteiger partial charge in [-0.15, -0.1) is 0 Å². The summed E-state index contributed by atoms with van der Waals surface area (Å²) in [5.74, 6) is 4.05. The van der Waals surface area contributed by atoms with Crippen LogP contribution in [0.5, 0.6) is 0 Å². The summed E-state index contributed by atoms with van der Waals surface area (Å²) >= 11 is 0. The van der Waals surface area contributed by atoms with Gasteiger partial charge in [0.15, 0.2) is 0 Å². The monoisotopic (exact) mass is 549 g/mol. The van der Waals surface area contributed by atoms with Gasteiger partial charge in [0.05, 0.1) is 18.3 Å². The van der Waals surface area contributed by atoms with Crippen LogP contribution in [-0.4, -0.2) is 57.8 Å². The fourth-order valence-corrected chi connectivity index (χ4v) is 10.3. The normalized spacial score (nSPS) is 42.5. The third-order valence-electron chi connectivity index (χ3n) is 12.2. The summed E-state index contributed by atoms with van der Waals surface area (Å²) in [6, 6.07) is 0. The molecule has 0 aromatic rings. The van der Waals surface area contributed by atoms with E-state index in [1.54, 1.807) is 0 Å². The molecule has 39 heavy (non-hydrogen) atoms. The van der Waals surface area contributed by atoms with Crippen molar-refractivity contribution in [2.24, 2.45) is 63.5 Å². The molecular formula is C33H63N3O3. The van der Waals surface area contributed by atoms with Crippen molar-refractivity contribution in [3.8, 4) is 0 Å². The van der Waals surface area contributed by atoms with Crippen molar-refractivity contribution in [2.75, 3.05) is 39.5 Å². The Morgan fingerprint density at radius 3 is 2.13 bits per heavy atom. The molecule has 228 valence electrons. The highest BCUT2D eigenvalue weighted by molar-refractivity contribution is 5.15. The maximum atomic E-state index is 6.92. The maximum absolute atomic E-state index is 6.92. The van der Waals surface area contributed by atoms with Crippen LogP contribution in [0.2, 0.25) is 0 Å². The van der Waals surface area contributed by atoms with Gasteiger partial charge in [-0.1, -0.05) is 40.5 Å². The van der Waals surface area contributed by atoms with Crippen LogP contribution in [0.3, 0.4) is 0 Å². The summed E-state index contributed by atoms with van der Waals surface area (Å²) in [6.07, 6.45) is 15.1. The summed E-state index contributed by atoms with van der Waals surface area (Å²) in [5, 5.41) is 0. The molecule has 4 rings (SSSR count). The van der Waals surface area contributed by atoms with Crippen LogP contribution in [0.4, 0.5) is 0 Å². The highest BCUT2D eigenvalue weighted by Crippen LogP contribution is 2.69. The van der Waals surface area contributed by atoms with E-state index in [-0.39, 0.29) is 5.41 Å². The predicted octanol–water partition coefficient (Wildman–Crippen LogP) is 5.50. The molecule has 4 aliphatic rings. The third kappa shape index (κ3) is 6.41. The minimum atomic E-state index is 0.214. The lowest BCUT2D eigenvalue weighted by Gasteiger charge is -2.65. The molecule has 4 fully saturated rings. The molecule has 6 heteroatoms. The van der Waals surface area contributed by atoms with Crippen molar-refractivity contribution in [3.05, 3.63) is 0 Å². The van der Waals surface area contributed by atoms with Gasteiger partial charge in [-0.05, 0) is 125 Å². The van der Waals surface area contributed by atoms with E-state index in [4.69, 9.17) is 31.4 Å². The van der Waals surface area contributed by atoms with Crippen molar-refractivity contribution in [2.45, 2.75) is 123 Å². The lowest BCUT2D eigenvalue weighted by atomic mass is 9.43. The highest BCUT2D eigenvalue weighted by atomic mass is 16.5. The molecule has 0 aromatic heterocycles. The summed E-state index contributed by atoms with van der Waals surface area (Å²) in [7, 11) is 0.